The predicted octanol–water partition coefficient (Wildman–Crippen LogP) is 4.05. The number of nitrogens with one attached hydrogen (secondary N) is 1. The van der Waals surface area contributed by atoms with Gasteiger partial charge in [-0.05, 0) is 32.9 Å². The number of hydrogen-bond donors (Lipinski definition) is 2. The van der Waals surface area contributed by atoms with Crippen molar-refractivity contribution in [3.63, 3.8) is 0 Å². The first kappa shape index (κ1) is 13.9. The molecule has 0 aliphatic heterocycles. The Morgan fingerprint density at radius 3 is 2.47 bits per heavy atom. The highest BCUT2D eigenvalue weighted by molar-refractivity contribution is 6.43. The zero-order chi connectivity index (χ0) is 13.2. The van der Waals surface area contributed by atoms with Gasteiger partial charge in [-0.3, -0.25) is 5.32 Å². The van der Waals surface area contributed by atoms with Crippen molar-refractivity contribution in [1.82, 2.24) is 0 Å². The van der Waals surface area contributed by atoms with Gasteiger partial charge in [0.2, 0.25) is 0 Å². The standard InChI is InChI=1S/C11H13Cl2NO3/c1-11(2,3)17-10(16)14-7-5-4-6(12)8(13)9(7)15/h4-5,15H,1-3H3,(H,14,16). The van der Waals surface area contributed by atoms with Gasteiger partial charge in [-0.1, -0.05) is 23.2 Å². The quantitative estimate of drug-likeness (QED) is 0.762. The van der Waals surface area contributed by atoms with Crippen LogP contribution in [0, 0.1) is 0 Å². The molecular formula is C11H13Cl2NO3. The van der Waals surface area contributed by atoms with Crippen LogP contribution in [0.1, 0.15) is 20.8 Å². The van der Waals surface area contributed by atoms with Crippen molar-refractivity contribution in [2.75, 3.05) is 5.32 Å². The monoisotopic (exact) mass is 277 g/mol. The number of benzene rings is 1. The van der Waals surface area contributed by atoms with Crippen LogP contribution < -0.4 is 5.32 Å². The molecule has 0 unspecified atom stereocenters. The van der Waals surface area contributed by atoms with E-state index in [-0.39, 0.29) is 21.5 Å². The van der Waals surface area contributed by atoms with Crippen LogP contribution in [0.15, 0.2) is 12.1 Å². The molecule has 0 atom stereocenters. The van der Waals surface area contributed by atoms with Gasteiger partial charge in [0.15, 0.2) is 5.75 Å². The molecule has 0 saturated heterocycles. The third-order valence-corrected chi connectivity index (χ3v) is 2.50. The summed E-state index contributed by atoms with van der Waals surface area (Å²) in [6, 6.07) is 2.91. The van der Waals surface area contributed by atoms with Crippen molar-refractivity contribution in [1.29, 1.82) is 0 Å². The van der Waals surface area contributed by atoms with Gasteiger partial charge in [-0.2, -0.15) is 0 Å². The molecule has 1 aromatic carbocycles. The van der Waals surface area contributed by atoms with Gasteiger partial charge >= 0.3 is 6.09 Å². The number of halogens is 2. The number of carbonyl (C=O) groups is 1. The van der Waals surface area contributed by atoms with E-state index in [2.05, 4.69) is 5.32 Å². The number of phenols is 1. The van der Waals surface area contributed by atoms with Gasteiger partial charge in [0.05, 0.1) is 10.7 Å². The number of ether oxygens (including phenoxy) is 1. The number of phenolic OH excluding ortho intramolecular Hbond substituents is 1. The number of rotatable bonds is 1. The Labute approximate surface area is 109 Å². The summed E-state index contributed by atoms with van der Waals surface area (Å²) in [7, 11) is 0. The van der Waals surface area contributed by atoms with E-state index in [1.807, 2.05) is 0 Å². The van der Waals surface area contributed by atoms with Gasteiger partial charge in [0.1, 0.15) is 10.6 Å². The Morgan fingerprint density at radius 2 is 1.94 bits per heavy atom. The van der Waals surface area contributed by atoms with E-state index in [1.54, 1.807) is 20.8 Å². The summed E-state index contributed by atoms with van der Waals surface area (Å²) in [5.74, 6) is -0.287. The summed E-state index contributed by atoms with van der Waals surface area (Å²) in [5, 5.41) is 12.2. The molecule has 1 aromatic rings. The molecule has 17 heavy (non-hydrogen) atoms. The lowest BCUT2D eigenvalue weighted by Crippen LogP contribution is -2.27. The molecule has 0 saturated carbocycles. The van der Waals surface area contributed by atoms with E-state index in [1.165, 1.54) is 12.1 Å². The molecule has 0 radical (unpaired) electrons. The highest BCUT2D eigenvalue weighted by atomic mass is 35.5. The average Bonchev–Trinajstić information content (AvgIpc) is 2.16. The fourth-order valence-electron chi connectivity index (χ4n) is 1.05. The first-order valence-electron chi connectivity index (χ1n) is 4.87. The smallest absolute Gasteiger partial charge is 0.412 e. The zero-order valence-electron chi connectivity index (χ0n) is 9.67. The molecular weight excluding hydrogens is 265 g/mol. The molecule has 1 amide bonds. The minimum atomic E-state index is -0.675. The summed E-state index contributed by atoms with van der Waals surface area (Å²) in [6.07, 6.45) is -0.675. The van der Waals surface area contributed by atoms with Gasteiger partial charge in [-0.25, -0.2) is 4.79 Å². The van der Waals surface area contributed by atoms with Crippen LogP contribution in [0.25, 0.3) is 0 Å². The minimum Gasteiger partial charge on any atom is -0.504 e. The van der Waals surface area contributed by atoms with Crippen LogP contribution in [-0.4, -0.2) is 16.8 Å². The van der Waals surface area contributed by atoms with E-state index in [0.29, 0.717) is 0 Å². The van der Waals surface area contributed by atoms with Crippen LogP contribution in [0.3, 0.4) is 0 Å². The molecule has 4 nitrogen and oxygen atoms in total. The molecule has 1 rings (SSSR count). The maximum Gasteiger partial charge on any atom is 0.412 e. The molecule has 0 bridgehead atoms. The summed E-state index contributed by atoms with van der Waals surface area (Å²) in [5.41, 5.74) is -0.468. The molecule has 94 valence electrons. The first-order valence-corrected chi connectivity index (χ1v) is 5.63. The van der Waals surface area contributed by atoms with E-state index < -0.39 is 11.7 Å². The van der Waals surface area contributed by atoms with Crippen molar-refractivity contribution in [3.05, 3.63) is 22.2 Å². The Kier molecular flexibility index (Phi) is 4.11. The Hall–Kier alpha value is -1.13. The van der Waals surface area contributed by atoms with E-state index in [0.717, 1.165) is 0 Å². The largest absolute Gasteiger partial charge is 0.504 e. The van der Waals surface area contributed by atoms with E-state index in [9.17, 15) is 9.90 Å². The second-order valence-electron chi connectivity index (χ2n) is 4.38. The lowest BCUT2D eigenvalue weighted by atomic mass is 10.2. The van der Waals surface area contributed by atoms with Crippen molar-refractivity contribution in [2.24, 2.45) is 0 Å². The van der Waals surface area contributed by atoms with Crippen LogP contribution in [0.5, 0.6) is 5.75 Å². The highest BCUT2D eigenvalue weighted by Crippen LogP contribution is 2.37. The molecule has 0 aliphatic carbocycles. The first-order chi connectivity index (χ1) is 7.70. The molecule has 0 heterocycles. The Balaban J connectivity index is 2.83. The minimum absolute atomic E-state index is 0.0137. The third-order valence-electron chi connectivity index (χ3n) is 1.70. The van der Waals surface area contributed by atoms with Crippen molar-refractivity contribution >= 4 is 35.0 Å². The van der Waals surface area contributed by atoms with E-state index >= 15 is 0 Å². The van der Waals surface area contributed by atoms with Gasteiger partial charge < -0.3 is 9.84 Å². The molecule has 0 fully saturated rings. The van der Waals surface area contributed by atoms with Crippen LogP contribution >= 0.6 is 23.2 Å². The summed E-state index contributed by atoms with van der Waals surface area (Å²) < 4.78 is 5.03. The SMILES string of the molecule is CC(C)(C)OC(=O)Nc1ccc(Cl)c(Cl)c1O. The maximum absolute atomic E-state index is 11.5. The topological polar surface area (TPSA) is 58.6 Å². The van der Waals surface area contributed by atoms with Gasteiger partial charge in [0.25, 0.3) is 0 Å². The molecule has 6 heteroatoms. The highest BCUT2D eigenvalue weighted by Gasteiger charge is 2.18. The number of anilines is 1. The number of hydrogen-bond acceptors (Lipinski definition) is 3. The van der Waals surface area contributed by atoms with Crippen molar-refractivity contribution in [2.45, 2.75) is 26.4 Å². The second-order valence-corrected chi connectivity index (χ2v) is 5.17. The van der Waals surface area contributed by atoms with Crippen LogP contribution in [-0.2, 0) is 4.74 Å². The van der Waals surface area contributed by atoms with Crippen molar-refractivity contribution in [3.8, 4) is 5.75 Å². The molecule has 2 N–H and O–H groups in total. The Morgan fingerprint density at radius 1 is 1.35 bits per heavy atom. The molecule has 0 aliphatic rings. The fourth-order valence-corrected chi connectivity index (χ4v) is 1.37. The van der Waals surface area contributed by atoms with Crippen LogP contribution in [0.4, 0.5) is 10.5 Å². The average molecular weight is 278 g/mol. The third kappa shape index (κ3) is 3.98. The number of carbonyl (C=O) groups excluding carboxylic acids is 1. The second kappa shape index (κ2) is 5.02. The van der Waals surface area contributed by atoms with Crippen LogP contribution in [0.2, 0.25) is 10.0 Å². The summed E-state index contributed by atoms with van der Waals surface area (Å²) in [6.45, 7) is 5.21. The van der Waals surface area contributed by atoms with Gasteiger partial charge in [-0.15, -0.1) is 0 Å². The predicted molar refractivity (Wildman–Crippen MR) is 68.0 cm³/mol. The molecule has 0 aromatic heterocycles. The number of amides is 1. The summed E-state index contributed by atoms with van der Waals surface area (Å²) >= 11 is 11.4. The Bertz CT molecular complexity index is 441. The number of aromatic hydroxyl groups is 1. The summed E-state index contributed by atoms with van der Waals surface area (Å²) in [4.78, 5) is 11.5. The van der Waals surface area contributed by atoms with Gasteiger partial charge in [0, 0.05) is 0 Å². The van der Waals surface area contributed by atoms with Crippen molar-refractivity contribution < 1.29 is 14.6 Å². The maximum atomic E-state index is 11.5. The van der Waals surface area contributed by atoms with E-state index in [4.69, 9.17) is 27.9 Å². The fraction of sp³-hybridized carbons (Fsp3) is 0.364. The normalized spacial score (nSPS) is 11.1. The lowest BCUT2D eigenvalue weighted by Gasteiger charge is -2.20. The zero-order valence-corrected chi connectivity index (χ0v) is 11.2. The molecule has 0 spiro atoms. The lowest BCUT2D eigenvalue weighted by molar-refractivity contribution is 0.0635.